The van der Waals surface area contributed by atoms with Crippen molar-refractivity contribution in [2.24, 2.45) is 0 Å². The molecular formula is C17H24N2O2S. The second kappa shape index (κ2) is 5.62. The predicted molar refractivity (Wildman–Crippen MR) is 87.2 cm³/mol. The molecule has 3 aliphatic rings. The minimum absolute atomic E-state index is 0.0988. The standard InChI is InChI=1S/C17H24N2O2S/c20-22(21,17-8-9-17)19-11-10-18(15-6-7-15)13-16(19)12-14-4-2-1-3-5-14/h1-5,15-17H,6-13H2. The van der Waals surface area contributed by atoms with Crippen LogP contribution in [0.5, 0.6) is 0 Å². The minimum atomic E-state index is -3.08. The van der Waals surface area contributed by atoms with Crippen LogP contribution in [0.2, 0.25) is 0 Å². The summed E-state index contributed by atoms with van der Waals surface area (Å²) in [4.78, 5) is 2.51. The number of benzene rings is 1. The zero-order valence-corrected chi connectivity index (χ0v) is 13.7. The lowest BCUT2D eigenvalue weighted by atomic mass is 10.0. The summed E-state index contributed by atoms with van der Waals surface area (Å²) in [5.74, 6) is 0. The lowest BCUT2D eigenvalue weighted by Crippen LogP contribution is -2.57. The van der Waals surface area contributed by atoms with Crippen molar-refractivity contribution >= 4 is 10.0 Å². The molecule has 4 nitrogen and oxygen atoms in total. The number of piperazine rings is 1. The lowest BCUT2D eigenvalue weighted by Gasteiger charge is -2.41. The Morgan fingerprint density at radius 3 is 2.36 bits per heavy atom. The van der Waals surface area contributed by atoms with E-state index in [9.17, 15) is 8.42 Å². The summed E-state index contributed by atoms with van der Waals surface area (Å²) < 4.78 is 27.3. The van der Waals surface area contributed by atoms with E-state index < -0.39 is 10.0 Å². The largest absolute Gasteiger partial charge is 0.297 e. The molecule has 2 saturated carbocycles. The van der Waals surface area contributed by atoms with E-state index in [0.29, 0.717) is 12.6 Å². The summed E-state index contributed by atoms with van der Waals surface area (Å²) in [5, 5.41) is -0.0988. The Morgan fingerprint density at radius 1 is 1.00 bits per heavy atom. The van der Waals surface area contributed by atoms with Crippen LogP contribution in [-0.4, -0.2) is 54.6 Å². The number of nitrogens with zero attached hydrogens (tertiary/aromatic N) is 2. The second-order valence-corrected chi connectivity index (χ2v) is 9.09. The van der Waals surface area contributed by atoms with Crippen molar-refractivity contribution in [3.05, 3.63) is 35.9 Å². The van der Waals surface area contributed by atoms with Crippen LogP contribution in [0.15, 0.2) is 30.3 Å². The lowest BCUT2D eigenvalue weighted by molar-refractivity contribution is 0.128. The van der Waals surface area contributed by atoms with Gasteiger partial charge in [0.15, 0.2) is 0 Å². The molecule has 4 rings (SSSR count). The topological polar surface area (TPSA) is 40.6 Å². The molecule has 0 spiro atoms. The Hall–Kier alpha value is -0.910. The van der Waals surface area contributed by atoms with E-state index in [4.69, 9.17) is 0 Å². The molecule has 22 heavy (non-hydrogen) atoms. The highest BCUT2D eigenvalue weighted by Crippen LogP contribution is 2.35. The molecule has 3 fully saturated rings. The van der Waals surface area contributed by atoms with E-state index in [1.807, 2.05) is 22.5 Å². The maximum atomic E-state index is 12.7. The highest BCUT2D eigenvalue weighted by molar-refractivity contribution is 7.90. The first kappa shape index (κ1) is 14.7. The summed E-state index contributed by atoms with van der Waals surface area (Å²) >= 11 is 0. The minimum Gasteiger partial charge on any atom is -0.297 e. The zero-order chi connectivity index (χ0) is 15.2. The van der Waals surface area contributed by atoms with Gasteiger partial charge in [0.1, 0.15) is 0 Å². The third kappa shape index (κ3) is 2.94. The van der Waals surface area contributed by atoms with E-state index in [0.717, 1.165) is 32.4 Å². The van der Waals surface area contributed by atoms with Gasteiger partial charge in [-0.25, -0.2) is 8.42 Å². The summed E-state index contributed by atoms with van der Waals surface area (Å²) in [6.45, 7) is 2.47. The maximum Gasteiger partial charge on any atom is 0.217 e. The SMILES string of the molecule is O=S(=O)(C1CC1)N1CCN(C2CC2)CC1Cc1ccccc1. The van der Waals surface area contributed by atoms with Crippen LogP contribution < -0.4 is 0 Å². The normalized spacial score (nSPS) is 27.9. The molecule has 2 aliphatic carbocycles. The molecule has 1 atom stereocenters. The molecule has 5 heteroatoms. The van der Waals surface area contributed by atoms with Gasteiger partial charge >= 0.3 is 0 Å². The van der Waals surface area contributed by atoms with Gasteiger partial charge in [0, 0.05) is 31.7 Å². The Bertz CT molecular complexity index is 623. The fourth-order valence-electron chi connectivity index (χ4n) is 3.58. The fraction of sp³-hybridized carbons (Fsp3) is 0.647. The Kier molecular flexibility index (Phi) is 3.75. The molecule has 0 radical (unpaired) electrons. The van der Waals surface area contributed by atoms with Gasteiger partial charge in [-0.15, -0.1) is 0 Å². The van der Waals surface area contributed by atoms with Crippen molar-refractivity contribution in [1.82, 2.24) is 9.21 Å². The molecule has 1 unspecified atom stereocenters. The molecule has 1 heterocycles. The molecule has 1 aromatic rings. The van der Waals surface area contributed by atoms with Crippen molar-refractivity contribution in [2.75, 3.05) is 19.6 Å². The van der Waals surface area contributed by atoms with E-state index in [1.54, 1.807) is 0 Å². The third-order valence-electron chi connectivity index (χ3n) is 5.11. The van der Waals surface area contributed by atoms with Crippen LogP contribution in [0, 0.1) is 0 Å². The first-order valence-electron chi connectivity index (χ1n) is 8.43. The van der Waals surface area contributed by atoms with Gasteiger partial charge in [0.05, 0.1) is 5.25 Å². The fourth-order valence-corrected chi connectivity index (χ4v) is 5.59. The van der Waals surface area contributed by atoms with Crippen molar-refractivity contribution in [3.8, 4) is 0 Å². The first-order valence-corrected chi connectivity index (χ1v) is 9.93. The first-order chi connectivity index (χ1) is 10.6. The van der Waals surface area contributed by atoms with E-state index in [1.165, 1.54) is 18.4 Å². The van der Waals surface area contributed by atoms with Gasteiger partial charge in [-0.1, -0.05) is 30.3 Å². The van der Waals surface area contributed by atoms with Crippen molar-refractivity contribution in [3.63, 3.8) is 0 Å². The smallest absolute Gasteiger partial charge is 0.217 e. The third-order valence-corrected chi connectivity index (χ3v) is 7.56. The van der Waals surface area contributed by atoms with Crippen LogP contribution in [0.4, 0.5) is 0 Å². The average molecular weight is 320 g/mol. The van der Waals surface area contributed by atoms with Crippen molar-refractivity contribution in [2.45, 2.75) is 49.4 Å². The highest BCUT2D eigenvalue weighted by atomic mass is 32.2. The van der Waals surface area contributed by atoms with Gasteiger partial charge in [0.2, 0.25) is 10.0 Å². The summed E-state index contributed by atoms with van der Waals surface area (Å²) in [5.41, 5.74) is 1.24. The van der Waals surface area contributed by atoms with Crippen molar-refractivity contribution < 1.29 is 8.42 Å². The van der Waals surface area contributed by atoms with Gasteiger partial charge in [0.25, 0.3) is 0 Å². The van der Waals surface area contributed by atoms with Gasteiger partial charge < -0.3 is 0 Å². The molecule has 0 aromatic heterocycles. The molecule has 120 valence electrons. The summed E-state index contributed by atoms with van der Waals surface area (Å²) in [7, 11) is -3.08. The number of sulfonamides is 1. The summed E-state index contributed by atoms with van der Waals surface area (Å²) in [6, 6.07) is 11.1. The Morgan fingerprint density at radius 2 is 1.73 bits per heavy atom. The van der Waals surface area contributed by atoms with Crippen LogP contribution in [0.25, 0.3) is 0 Å². The van der Waals surface area contributed by atoms with E-state index in [2.05, 4.69) is 17.0 Å². The number of hydrogen-bond donors (Lipinski definition) is 0. The van der Waals surface area contributed by atoms with Crippen LogP contribution in [-0.2, 0) is 16.4 Å². The number of hydrogen-bond acceptors (Lipinski definition) is 3. The molecule has 0 amide bonds. The zero-order valence-electron chi connectivity index (χ0n) is 12.9. The van der Waals surface area contributed by atoms with Gasteiger partial charge in [-0.3, -0.25) is 4.90 Å². The molecule has 0 bridgehead atoms. The molecule has 1 saturated heterocycles. The number of rotatable bonds is 5. The van der Waals surface area contributed by atoms with Gasteiger partial charge in [-0.2, -0.15) is 4.31 Å². The Balaban J connectivity index is 1.55. The van der Waals surface area contributed by atoms with Crippen LogP contribution in [0.3, 0.4) is 0 Å². The summed E-state index contributed by atoms with van der Waals surface area (Å²) in [6.07, 6.45) is 5.10. The van der Waals surface area contributed by atoms with E-state index in [-0.39, 0.29) is 11.3 Å². The van der Waals surface area contributed by atoms with Crippen LogP contribution >= 0.6 is 0 Å². The maximum absolute atomic E-state index is 12.7. The molecule has 0 N–H and O–H groups in total. The molecular weight excluding hydrogens is 296 g/mol. The molecule has 1 aromatic carbocycles. The molecule has 1 aliphatic heterocycles. The van der Waals surface area contributed by atoms with E-state index >= 15 is 0 Å². The second-order valence-electron chi connectivity index (χ2n) is 6.92. The monoisotopic (exact) mass is 320 g/mol. The quantitative estimate of drug-likeness (QED) is 0.831. The predicted octanol–water partition coefficient (Wildman–Crippen LogP) is 1.87. The van der Waals surface area contributed by atoms with Crippen molar-refractivity contribution in [1.29, 1.82) is 0 Å². The Labute approximate surface area is 133 Å². The van der Waals surface area contributed by atoms with Gasteiger partial charge in [-0.05, 0) is 37.7 Å². The highest BCUT2D eigenvalue weighted by Gasteiger charge is 2.45. The van der Waals surface area contributed by atoms with Crippen LogP contribution in [0.1, 0.15) is 31.2 Å². The average Bonchev–Trinajstić information content (AvgIpc) is 3.41.